The molecule has 1 saturated heterocycles. The van der Waals surface area contributed by atoms with Gasteiger partial charge in [-0.3, -0.25) is 4.79 Å². The molecule has 0 saturated carbocycles. The van der Waals surface area contributed by atoms with Crippen molar-refractivity contribution in [3.8, 4) is 11.5 Å². The second-order valence-corrected chi connectivity index (χ2v) is 8.43. The molecule has 0 unspecified atom stereocenters. The fourth-order valence-electron chi connectivity index (χ4n) is 4.12. The largest absolute Gasteiger partial charge is 0.496 e. The Morgan fingerprint density at radius 3 is 2.37 bits per heavy atom. The molecule has 2 aromatic rings. The highest BCUT2D eigenvalue weighted by molar-refractivity contribution is 9.10. The van der Waals surface area contributed by atoms with Crippen molar-refractivity contribution in [3.05, 3.63) is 52.5 Å². The minimum absolute atomic E-state index is 0.200. The lowest BCUT2D eigenvalue weighted by atomic mass is 10.0. The van der Waals surface area contributed by atoms with Gasteiger partial charge in [-0.05, 0) is 65.0 Å². The number of rotatable bonds is 8. The number of likely N-dealkylation sites (tertiary alicyclic amines) is 1. The lowest BCUT2D eigenvalue weighted by molar-refractivity contribution is -0.119. The van der Waals surface area contributed by atoms with Gasteiger partial charge >= 0.3 is 0 Å². The van der Waals surface area contributed by atoms with E-state index in [9.17, 15) is 4.79 Å². The zero-order chi connectivity index (χ0) is 21.5. The van der Waals surface area contributed by atoms with E-state index in [4.69, 9.17) is 9.47 Å². The van der Waals surface area contributed by atoms with Crippen molar-refractivity contribution < 1.29 is 14.3 Å². The quantitative estimate of drug-likeness (QED) is 0.544. The number of hydrogen-bond acceptors (Lipinski definition) is 4. The number of piperidine rings is 1. The van der Waals surface area contributed by atoms with Crippen LogP contribution in [0.3, 0.4) is 0 Å². The summed E-state index contributed by atoms with van der Waals surface area (Å²) in [5.41, 5.74) is 2.15. The molecule has 0 spiro atoms. The van der Waals surface area contributed by atoms with E-state index < -0.39 is 0 Å². The Labute approximate surface area is 188 Å². The van der Waals surface area contributed by atoms with Crippen LogP contribution in [0.15, 0.2) is 46.9 Å². The van der Waals surface area contributed by atoms with Crippen molar-refractivity contribution in [3.63, 3.8) is 0 Å². The smallest absolute Gasteiger partial charge is 0.226 e. The highest BCUT2D eigenvalue weighted by Gasteiger charge is 2.28. The highest BCUT2D eigenvalue weighted by Crippen LogP contribution is 2.33. The summed E-state index contributed by atoms with van der Waals surface area (Å²) in [7, 11) is 3.38. The fraction of sp³-hybridized carbons (Fsp3) is 0.458. The number of para-hydroxylation sites is 1. The van der Waals surface area contributed by atoms with E-state index in [-0.39, 0.29) is 11.9 Å². The summed E-state index contributed by atoms with van der Waals surface area (Å²) in [6.45, 7) is 4.87. The van der Waals surface area contributed by atoms with Crippen LogP contribution in [0.5, 0.6) is 11.5 Å². The van der Waals surface area contributed by atoms with Crippen LogP contribution < -0.4 is 14.4 Å². The summed E-state index contributed by atoms with van der Waals surface area (Å²) in [5, 5.41) is 0. The van der Waals surface area contributed by atoms with E-state index in [1.165, 1.54) is 0 Å². The number of carbonyl (C=O) groups is 1. The SMILES string of the molecule is CCC(=O)N(c1ccccc1)C1CCN(CCc2cc(OC)c(Br)cc2OC)CC1. The Bertz CT molecular complexity index is 836. The zero-order valence-corrected chi connectivity index (χ0v) is 19.7. The van der Waals surface area contributed by atoms with Gasteiger partial charge in [-0.15, -0.1) is 0 Å². The third-order valence-corrected chi connectivity index (χ3v) is 6.40. The summed E-state index contributed by atoms with van der Waals surface area (Å²) in [6, 6.07) is 14.3. The third-order valence-electron chi connectivity index (χ3n) is 5.78. The van der Waals surface area contributed by atoms with E-state index in [1.54, 1.807) is 14.2 Å². The van der Waals surface area contributed by atoms with E-state index in [0.717, 1.165) is 66.1 Å². The number of methoxy groups -OCH3 is 2. The lowest BCUT2D eigenvalue weighted by Gasteiger charge is -2.38. The molecule has 3 rings (SSSR count). The molecule has 1 heterocycles. The van der Waals surface area contributed by atoms with Crippen molar-refractivity contribution in [2.24, 2.45) is 0 Å². The maximum atomic E-state index is 12.6. The van der Waals surface area contributed by atoms with Gasteiger partial charge < -0.3 is 19.3 Å². The normalized spacial score (nSPS) is 15.1. The van der Waals surface area contributed by atoms with Crippen LogP contribution in [0.4, 0.5) is 5.69 Å². The van der Waals surface area contributed by atoms with E-state index in [0.29, 0.717) is 6.42 Å². The minimum Gasteiger partial charge on any atom is -0.496 e. The van der Waals surface area contributed by atoms with Gasteiger partial charge in [0.15, 0.2) is 0 Å². The summed E-state index contributed by atoms with van der Waals surface area (Å²) < 4.78 is 11.9. The van der Waals surface area contributed by atoms with E-state index in [2.05, 4.69) is 20.8 Å². The van der Waals surface area contributed by atoms with Crippen LogP contribution in [0.25, 0.3) is 0 Å². The van der Waals surface area contributed by atoms with Gasteiger partial charge in [-0.25, -0.2) is 0 Å². The molecule has 0 bridgehead atoms. The monoisotopic (exact) mass is 474 g/mol. The first-order valence-electron chi connectivity index (χ1n) is 10.6. The highest BCUT2D eigenvalue weighted by atomic mass is 79.9. The molecule has 1 amide bonds. The minimum atomic E-state index is 0.200. The fourth-order valence-corrected chi connectivity index (χ4v) is 4.60. The summed E-state index contributed by atoms with van der Waals surface area (Å²) in [4.78, 5) is 17.1. The van der Waals surface area contributed by atoms with Gasteiger partial charge in [0.25, 0.3) is 0 Å². The van der Waals surface area contributed by atoms with Crippen LogP contribution >= 0.6 is 15.9 Å². The number of benzene rings is 2. The van der Waals surface area contributed by atoms with Crippen molar-refractivity contribution in [1.29, 1.82) is 0 Å². The molecule has 0 aromatic heterocycles. The Hall–Kier alpha value is -2.05. The molecular weight excluding hydrogens is 444 g/mol. The molecule has 0 N–H and O–H groups in total. The zero-order valence-electron chi connectivity index (χ0n) is 18.1. The molecule has 30 heavy (non-hydrogen) atoms. The molecule has 0 aliphatic carbocycles. The Morgan fingerprint density at radius 1 is 1.10 bits per heavy atom. The average molecular weight is 475 g/mol. The van der Waals surface area contributed by atoms with Gasteiger partial charge in [0.2, 0.25) is 5.91 Å². The number of anilines is 1. The molecule has 162 valence electrons. The first-order chi connectivity index (χ1) is 14.6. The average Bonchev–Trinajstić information content (AvgIpc) is 2.79. The third kappa shape index (κ3) is 5.35. The maximum Gasteiger partial charge on any atom is 0.226 e. The molecule has 2 aromatic carbocycles. The Balaban J connectivity index is 1.61. The lowest BCUT2D eigenvalue weighted by Crippen LogP contribution is -2.47. The predicted octanol–water partition coefficient (Wildman–Crippen LogP) is 4.92. The first kappa shape index (κ1) is 22.6. The first-order valence-corrected chi connectivity index (χ1v) is 11.4. The molecular formula is C24H31BrN2O3. The summed E-state index contributed by atoms with van der Waals surface area (Å²) in [6.07, 6.45) is 3.40. The van der Waals surface area contributed by atoms with Crippen LogP contribution in [0.2, 0.25) is 0 Å². The van der Waals surface area contributed by atoms with Gasteiger partial charge in [-0.1, -0.05) is 25.1 Å². The molecule has 1 aliphatic rings. The van der Waals surface area contributed by atoms with Gasteiger partial charge in [0, 0.05) is 37.8 Å². The van der Waals surface area contributed by atoms with Gasteiger partial charge in [-0.2, -0.15) is 0 Å². The van der Waals surface area contributed by atoms with Crippen LogP contribution in [0.1, 0.15) is 31.7 Å². The number of hydrogen-bond donors (Lipinski definition) is 0. The van der Waals surface area contributed by atoms with Crippen molar-refractivity contribution in [1.82, 2.24) is 4.90 Å². The van der Waals surface area contributed by atoms with E-state index in [1.807, 2.05) is 54.3 Å². The van der Waals surface area contributed by atoms with Gasteiger partial charge in [0.05, 0.1) is 18.7 Å². The second-order valence-electron chi connectivity index (χ2n) is 7.57. The Morgan fingerprint density at radius 2 is 1.77 bits per heavy atom. The second kappa shape index (κ2) is 10.8. The molecule has 1 aliphatic heterocycles. The topological polar surface area (TPSA) is 42.0 Å². The van der Waals surface area contributed by atoms with Crippen molar-refractivity contribution >= 4 is 27.5 Å². The number of ether oxygens (including phenoxy) is 2. The Kier molecular flexibility index (Phi) is 8.16. The standard InChI is InChI=1S/C24H31BrN2O3/c1-4-24(28)27(19-8-6-5-7-9-19)20-11-14-26(15-12-20)13-10-18-16-23(30-3)21(25)17-22(18)29-2/h5-9,16-17,20H,4,10-15H2,1-3H3. The number of halogens is 1. The molecule has 5 nitrogen and oxygen atoms in total. The summed E-state index contributed by atoms with van der Waals surface area (Å²) >= 11 is 3.52. The predicted molar refractivity (Wildman–Crippen MR) is 125 cm³/mol. The van der Waals surface area contributed by atoms with Crippen LogP contribution in [-0.2, 0) is 11.2 Å². The van der Waals surface area contributed by atoms with Crippen molar-refractivity contribution in [2.75, 3.05) is 38.8 Å². The molecule has 1 fully saturated rings. The number of carbonyl (C=O) groups excluding carboxylic acids is 1. The summed E-state index contributed by atoms with van der Waals surface area (Å²) in [5.74, 6) is 1.90. The molecule has 0 atom stereocenters. The van der Waals surface area contributed by atoms with Crippen LogP contribution in [0, 0.1) is 0 Å². The van der Waals surface area contributed by atoms with E-state index >= 15 is 0 Å². The molecule has 6 heteroatoms. The van der Waals surface area contributed by atoms with Crippen LogP contribution in [-0.4, -0.2) is 50.7 Å². The molecule has 0 radical (unpaired) electrons. The van der Waals surface area contributed by atoms with Gasteiger partial charge in [0.1, 0.15) is 11.5 Å². The number of amides is 1. The maximum absolute atomic E-state index is 12.6. The number of nitrogens with zero attached hydrogens (tertiary/aromatic N) is 2. The van der Waals surface area contributed by atoms with Crippen molar-refractivity contribution in [2.45, 2.75) is 38.6 Å².